The number of hydrogen-bond donors (Lipinski definition) is 2. The van der Waals surface area contributed by atoms with E-state index < -0.39 is 23.8 Å². The highest BCUT2D eigenvalue weighted by Crippen LogP contribution is 2.22. The molecule has 0 aliphatic rings. The van der Waals surface area contributed by atoms with Gasteiger partial charge in [-0.15, -0.1) is 0 Å². The van der Waals surface area contributed by atoms with Crippen LogP contribution >= 0.6 is 11.8 Å². The van der Waals surface area contributed by atoms with Gasteiger partial charge in [-0.25, -0.2) is 4.79 Å². The molecule has 0 aromatic heterocycles. The molecule has 0 aliphatic carbocycles. The minimum atomic E-state index is -1.06. The summed E-state index contributed by atoms with van der Waals surface area (Å²) in [6.07, 6.45) is -1.72. The molecule has 1 aromatic carbocycles. The van der Waals surface area contributed by atoms with Crippen molar-refractivity contribution in [2.24, 2.45) is 0 Å². The predicted octanol–water partition coefficient (Wildman–Crippen LogP) is 2.71. The number of ether oxygens (including phenoxy) is 1. The summed E-state index contributed by atoms with van der Waals surface area (Å²) in [5.74, 6) is 0.0146. The molecule has 0 heterocycles. The molecule has 23 heavy (non-hydrogen) atoms. The monoisotopic (exact) mass is 340 g/mol. The van der Waals surface area contributed by atoms with Crippen molar-refractivity contribution in [2.75, 3.05) is 5.75 Å². The molecule has 2 unspecified atom stereocenters. The van der Waals surface area contributed by atoms with Crippen LogP contribution in [0.2, 0.25) is 0 Å². The van der Waals surface area contributed by atoms with Crippen LogP contribution in [-0.2, 0) is 9.53 Å². The average Bonchev–Trinajstić information content (AvgIpc) is 2.44. The molecular formula is C17H24O5S. The molecule has 0 bridgehead atoms. The van der Waals surface area contributed by atoms with Gasteiger partial charge in [0.2, 0.25) is 0 Å². The number of esters is 1. The first-order valence-electron chi connectivity index (χ1n) is 7.43. The molecule has 0 saturated heterocycles. The Morgan fingerprint density at radius 2 is 1.74 bits per heavy atom. The highest BCUT2D eigenvalue weighted by Gasteiger charge is 2.20. The van der Waals surface area contributed by atoms with Gasteiger partial charge < -0.3 is 14.9 Å². The summed E-state index contributed by atoms with van der Waals surface area (Å²) >= 11 is 1.11. The van der Waals surface area contributed by atoms with Crippen molar-refractivity contribution < 1.29 is 24.5 Å². The molecule has 1 rings (SSSR count). The van der Waals surface area contributed by atoms with Crippen LogP contribution in [0.4, 0.5) is 0 Å². The van der Waals surface area contributed by atoms with E-state index in [0.717, 1.165) is 11.8 Å². The lowest BCUT2D eigenvalue weighted by Gasteiger charge is -2.20. The molecule has 1 aromatic rings. The lowest BCUT2D eigenvalue weighted by atomic mass is 10.0. The number of carbonyl (C=O) groups excluding carboxylic acids is 2. The SMILES string of the molecule is CC(=O)SCCC(O)C(O)c1ccc(C(=O)OC(C)(C)C)cc1. The third-order valence-electron chi connectivity index (χ3n) is 2.97. The molecule has 0 aliphatic heterocycles. The minimum Gasteiger partial charge on any atom is -0.456 e. The molecule has 128 valence electrons. The summed E-state index contributed by atoms with van der Waals surface area (Å²) in [5, 5.41) is 20.0. The predicted molar refractivity (Wildman–Crippen MR) is 90.3 cm³/mol. The largest absolute Gasteiger partial charge is 0.456 e. The zero-order valence-corrected chi connectivity index (χ0v) is 14.7. The summed E-state index contributed by atoms with van der Waals surface area (Å²) in [6, 6.07) is 6.30. The summed E-state index contributed by atoms with van der Waals surface area (Å²) < 4.78 is 5.26. The highest BCUT2D eigenvalue weighted by atomic mass is 32.2. The van der Waals surface area contributed by atoms with E-state index in [2.05, 4.69) is 0 Å². The molecule has 0 fully saturated rings. The van der Waals surface area contributed by atoms with Crippen molar-refractivity contribution in [1.29, 1.82) is 0 Å². The van der Waals surface area contributed by atoms with Gasteiger partial charge in [-0.3, -0.25) is 4.79 Å². The Morgan fingerprint density at radius 1 is 1.17 bits per heavy atom. The van der Waals surface area contributed by atoms with Crippen molar-refractivity contribution in [1.82, 2.24) is 0 Å². The third-order valence-corrected chi connectivity index (χ3v) is 3.82. The van der Waals surface area contributed by atoms with E-state index in [1.54, 1.807) is 45.0 Å². The van der Waals surface area contributed by atoms with Crippen LogP contribution in [0.15, 0.2) is 24.3 Å². The Bertz CT molecular complexity index is 533. The second-order valence-electron chi connectivity index (χ2n) is 6.26. The fourth-order valence-electron chi connectivity index (χ4n) is 1.86. The van der Waals surface area contributed by atoms with E-state index in [9.17, 15) is 19.8 Å². The minimum absolute atomic E-state index is 0.0200. The number of hydrogen-bond acceptors (Lipinski definition) is 6. The zero-order chi connectivity index (χ0) is 17.6. The molecule has 0 amide bonds. The van der Waals surface area contributed by atoms with Gasteiger partial charge in [-0.2, -0.15) is 0 Å². The van der Waals surface area contributed by atoms with E-state index in [1.165, 1.54) is 6.92 Å². The first-order valence-corrected chi connectivity index (χ1v) is 8.41. The lowest BCUT2D eigenvalue weighted by molar-refractivity contribution is -0.109. The number of aliphatic hydroxyl groups is 2. The van der Waals surface area contributed by atoms with Crippen molar-refractivity contribution >= 4 is 22.8 Å². The number of carbonyl (C=O) groups is 2. The highest BCUT2D eigenvalue weighted by molar-refractivity contribution is 8.13. The second kappa shape index (κ2) is 8.47. The smallest absolute Gasteiger partial charge is 0.338 e. The molecule has 2 N–H and O–H groups in total. The number of benzene rings is 1. The molecular weight excluding hydrogens is 316 g/mol. The van der Waals surface area contributed by atoms with Crippen LogP contribution in [0.25, 0.3) is 0 Å². The van der Waals surface area contributed by atoms with Crippen LogP contribution in [0.3, 0.4) is 0 Å². The molecule has 0 saturated carbocycles. The van der Waals surface area contributed by atoms with E-state index in [1.807, 2.05) is 0 Å². The van der Waals surface area contributed by atoms with Crippen LogP contribution in [0.5, 0.6) is 0 Å². The molecule has 6 heteroatoms. The lowest BCUT2D eigenvalue weighted by Crippen LogP contribution is -2.24. The van der Waals surface area contributed by atoms with E-state index in [4.69, 9.17) is 4.74 Å². The quantitative estimate of drug-likeness (QED) is 0.775. The van der Waals surface area contributed by atoms with Crippen LogP contribution < -0.4 is 0 Å². The fraction of sp³-hybridized carbons (Fsp3) is 0.529. The number of aliphatic hydroxyl groups excluding tert-OH is 2. The van der Waals surface area contributed by atoms with Gasteiger partial charge in [0.25, 0.3) is 0 Å². The number of thioether (sulfide) groups is 1. The summed E-state index contributed by atoms with van der Waals surface area (Å²) in [7, 11) is 0. The fourth-order valence-corrected chi connectivity index (χ4v) is 2.50. The van der Waals surface area contributed by atoms with E-state index in [0.29, 0.717) is 23.3 Å². The molecule has 5 nitrogen and oxygen atoms in total. The van der Waals surface area contributed by atoms with Crippen LogP contribution in [-0.4, -0.2) is 38.8 Å². The average molecular weight is 340 g/mol. The van der Waals surface area contributed by atoms with Gasteiger partial charge in [0, 0.05) is 12.7 Å². The maximum atomic E-state index is 11.9. The van der Waals surface area contributed by atoms with E-state index >= 15 is 0 Å². The Labute approximate surface area is 141 Å². The molecule has 0 radical (unpaired) electrons. The normalized spacial score (nSPS) is 14.2. The molecule has 0 spiro atoms. The van der Waals surface area contributed by atoms with Gasteiger partial charge in [-0.05, 0) is 44.9 Å². The second-order valence-corrected chi connectivity index (χ2v) is 7.54. The third kappa shape index (κ3) is 7.16. The van der Waals surface area contributed by atoms with Gasteiger partial charge in [-0.1, -0.05) is 23.9 Å². The van der Waals surface area contributed by atoms with Crippen LogP contribution in [0.1, 0.15) is 56.1 Å². The zero-order valence-electron chi connectivity index (χ0n) is 13.9. The summed E-state index contributed by atoms with van der Waals surface area (Å²) in [5.41, 5.74) is 0.329. The van der Waals surface area contributed by atoms with Gasteiger partial charge >= 0.3 is 5.97 Å². The maximum Gasteiger partial charge on any atom is 0.338 e. The first-order chi connectivity index (χ1) is 10.6. The maximum absolute atomic E-state index is 11.9. The van der Waals surface area contributed by atoms with Crippen LogP contribution in [0, 0.1) is 0 Å². The van der Waals surface area contributed by atoms with Crippen molar-refractivity contribution in [3.05, 3.63) is 35.4 Å². The van der Waals surface area contributed by atoms with Gasteiger partial charge in [0.15, 0.2) is 5.12 Å². The van der Waals surface area contributed by atoms with Crippen molar-refractivity contribution in [3.8, 4) is 0 Å². The summed E-state index contributed by atoms with van der Waals surface area (Å²) in [6.45, 7) is 6.83. The number of rotatable bonds is 6. The Kier molecular flexibility index (Phi) is 7.25. The van der Waals surface area contributed by atoms with Gasteiger partial charge in [0.05, 0.1) is 11.7 Å². The Morgan fingerprint density at radius 3 is 2.22 bits per heavy atom. The standard InChI is InChI=1S/C17H24O5S/c1-11(18)23-10-9-14(19)15(20)12-5-7-13(8-6-12)16(21)22-17(2,3)4/h5-8,14-15,19-20H,9-10H2,1-4H3. The topological polar surface area (TPSA) is 83.8 Å². The Hall–Kier alpha value is -1.37. The van der Waals surface area contributed by atoms with Gasteiger partial charge in [0.1, 0.15) is 11.7 Å². The first kappa shape index (κ1) is 19.7. The molecule has 2 atom stereocenters. The Balaban J connectivity index is 2.64. The van der Waals surface area contributed by atoms with Crippen molar-refractivity contribution in [2.45, 2.75) is 51.9 Å². The van der Waals surface area contributed by atoms with E-state index in [-0.39, 0.29) is 5.12 Å². The summed E-state index contributed by atoms with van der Waals surface area (Å²) in [4.78, 5) is 22.8. The van der Waals surface area contributed by atoms with Crippen molar-refractivity contribution in [3.63, 3.8) is 0 Å².